The van der Waals surface area contributed by atoms with Crippen molar-refractivity contribution in [3.8, 4) is 5.75 Å². The van der Waals surface area contributed by atoms with E-state index in [0.717, 1.165) is 0 Å². The number of nitrogens with one attached hydrogen (secondary N) is 1. The lowest BCUT2D eigenvalue weighted by atomic mass is 10.1. The average Bonchev–Trinajstić information content (AvgIpc) is 2.36. The van der Waals surface area contributed by atoms with Crippen LogP contribution in [0.1, 0.15) is 16.8 Å². The lowest BCUT2D eigenvalue weighted by Crippen LogP contribution is -2.43. The van der Waals surface area contributed by atoms with E-state index in [4.69, 9.17) is 21.3 Å². The molecule has 0 aromatic heterocycles. The van der Waals surface area contributed by atoms with Crippen molar-refractivity contribution in [2.75, 3.05) is 12.8 Å². The van der Waals surface area contributed by atoms with E-state index in [9.17, 15) is 14.4 Å². The Morgan fingerprint density at radius 1 is 1.40 bits per heavy atom. The smallest absolute Gasteiger partial charge is 0.326 e. The topological polar surface area (TPSA) is 145 Å². The first-order chi connectivity index (χ1) is 9.35. The van der Waals surface area contributed by atoms with Crippen molar-refractivity contribution in [2.45, 2.75) is 12.5 Å². The molecule has 0 radical (unpaired) electrons. The molecular weight excluding hydrogens is 266 g/mol. The number of benzene rings is 1. The second-order valence-electron chi connectivity index (χ2n) is 3.99. The van der Waals surface area contributed by atoms with E-state index < -0.39 is 30.2 Å². The first kappa shape index (κ1) is 15.3. The van der Waals surface area contributed by atoms with Crippen LogP contribution in [0.15, 0.2) is 18.2 Å². The summed E-state index contributed by atoms with van der Waals surface area (Å²) in [4.78, 5) is 33.7. The first-order valence-corrected chi connectivity index (χ1v) is 5.60. The summed E-state index contributed by atoms with van der Waals surface area (Å²) in [6.07, 6.45) is -0.502. The second-order valence-corrected chi connectivity index (χ2v) is 3.99. The van der Waals surface area contributed by atoms with E-state index in [0.29, 0.717) is 5.69 Å². The van der Waals surface area contributed by atoms with Crippen molar-refractivity contribution in [3.05, 3.63) is 23.8 Å². The van der Waals surface area contributed by atoms with Crippen molar-refractivity contribution >= 4 is 23.5 Å². The lowest BCUT2D eigenvalue weighted by Gasteiger charge is -2.14. The number of ether oxygens (including phenoxy) is 1. The number of carboxylic acids is 1. The molecule has 1 atom stereocenters. The molecule has 2 amide bonds. The molecule has 0 spiro atoms. The van der Waals surface area contributed by atoms with Gasteiger partial charge in [-0.2, -0.15) is 0 Å². The Morgan fingerprint density at radius 3 is 2.55 bits per heavy atom. The molecule has 0 aliphatic heterocycles. The molecular formula is C12H15N3O5. The van der Waals surface area contributed by atoms with Crippen LogP contribution in [0.3, 0.4) is 0 Å². The van der Waals surface area contributed by atoms with Crippen LogP contribution in [0.5, 0.6) is 5.75 Å². The summed E-state index contributed by atoms with van der Waals surface area (Å²) >= 11 is 0. The van der Waals surface area contributed by atoms with Crippen molar-refractivity contribution in [1.82, 2.24) is 5.32 Å². The Kier molecular flexibility index (Phi) is 4.90. The summed E-state index contributed by atoms with van der Waals surface area (Å²) in [5, 5.41) is 11.1. The molecule has 0 fully saturated rings. The maximum Gasteiger partial charge on any atom is 0.326 e. The lowest BCUT2D eigenvalue weighted by molar-refractivity contribution is -0.140. The molecule has 0 bridgehead atoms. The third-order valence-corrected chi connectivity index (χ3v) is 2.48. The molecule has 0 aliphatic rings. The molecule has 108 valence electrons. The van der Waals surface area contributed by atoms with E-state index in [-0.39, 0.29) is 11.3 Å². The number of primary amides is 1. The van der Waals surface area contributed by atoms with Gasteiger partial charge in [0.1, 0.15) is 11.8 Å². The first-order valence-electron chi connectivity index (χ1n) is 5.60. The number of methoxy groups -OCH3 is 1. The van der Waals surface area contributed by atoms with Gasteiger partial charge in [0.15, 0.2) is 0 Å². The van der Waals surface area contributed by atoms with Crippen molar-refractivity contribution in [3.63, 3.8) is 0 Å². The molecule has 0 aliphatic carbocycles. The van der Waals surface area contributed by atoms with Gasteiger partial charge in [-0.05, 0) is 12.1 Å². The summed E-state index contributed by atoms with van der Waals surface area (Å²) in [5.74, 6) is -2.69. The van der Waals surface area contributed by atoms with Crippen molar-refractivity contribution in [1.29, 1.82) is 0 Å². The Hall–Kier alpha value is -2.77. The zero-order valence-electron chi connectivity index (χ0n) is 10.8. The molecule has 8 nitrogen and oxygen atoms in total. The SMILES string of the molecule is COc1cc(N)ccc1C(=O)NC(CC(N)=O)C(=O)O. The fourth-order valence-corrected chi connectivity index (χ4v) is 1.53. The molecule has 0 heterocycles. The molecule has 1 aromatic rings. The van der Waals surface area contributed by atoms with Gasteiger partial charge in [-0.25, -0.2) is 4.79 Å². The summed E-state index contributed by atoms with van der Waals surface area (Å²) in [5.41, 5.74) is 11.0. The number of amides is 2. The van der Waals surface area contributed by atoms with E-state index in [1.165, 1.54) is 25.3 Å². The third kappa shape index (κ3) is 3.87. The summed E-state index contributed by atoms with van der Waals surface area (Å²) in [7, 11) is 1.35. The molecule has 1 aromatic carbocycles. The predicted molar refractivity (Wildman–Crippen MR) is 70.1 cm³/mol. The maximum absolute atomic E-state index is 12.0. The zero-order valence-corrected chi connectivity index (χ0v) is 10.8. The van der Waals surface area contributed by atoms with Crippen LogP contribution in [0.2, 0.25) is 0 Å². The van der Waals surface area contributed by atoms with Gasteiger partial charge >= 0.3 is 5.97 Å². The van der Waals surface area contributed by atoms with Gasteiger partial charge in [0.25, 0.3) is 5.91 Å². The Morgan fingerprint density at radius 2 is 2.05 bits per heavy atom. The number of anilines is 1. The third-order valence-electron chi connectivity index (χ3n) is 2.48. The van der Waals surface area contributed by atoms with Crippen LogP contribution < -0.4 is 21.5 Å². The van der Waals surface area contributed by atoms with Crippen molar-refractivity contribution in [2.24, 2.45) is 5.73 Å². The second kappa shape index (κ2) is 6.41. The number of carboxylic acid groups (broad SMARTS) is 1. The highest BCUT2D eigenvalue weighted by Crippen LogP contribution is 2.21. The normalized spacial score (nSPS) is 11.4. The number of hydrogen-bond donors (Lipinski definition) is 4. The summed E-state index contributed by atoms with van der Waals surface area (Å²) in [6.45, 7) is 0. The number of nitrogens with two attached hydrogens (primary N) is 2. The number of carbonyl (C=O) groups excluding carboxylic acids is 2. The zero-order chi connectivity index (χ0) is 15.3. The Labute approximate surface area is 114 Å². The fraction of sp³-hybridized carbons (Fsp3) is 0.250. The highest BCUT2D eigenvalue weighted by molar-refractivity contribution is 6.00. The molecule has 20 heavy (non-hydrogen) atoms. The van der Waals surface area contributed by atoms with Crippen LogP contribution >= 0.6 is 0 Å². The monoisotopic (exact) mass is 281 g/mol. The number of carbonyl (C=O) groups is 3. The standard InChI is InChI=1S/C12H15N3O5/c1-20-9-4-6(13)2-3-7(9)11(17)15-8(12(18)19)5-10(14)16/h2-4,8H,5,13H2,1H3,(H2,14,16)(H,15,17)(H,18,19). The van der Waals surface area contributed by atoms with Gasteiger partial charge in [0.2, 0.25) is 5.91 Å². The quantitative estimate of drug-likeness (QED) is 0.509. The number of nitrogen functional groups attached to an aromatic ring is 1. The molecule has 1 rings (SSSR count). The van der Waals surface area contributed by atoms with Gasteiger partial charge in [0, 0.05) is 11.8 Å². The number of hydrogen-bond acceptors (Lipinski definition) is 5. The highest BCUT2D eigenvalue weighted by Gasteiger charge is 2.24. The minimum atomic E-state index is -1.40. The highest BCUT2D eigenvalue weighted by atomic mass is 16.5. The summed E-state index contributed by atoms with van der Waals surface area (Å²) < 4.78 is 4.99. The van der Waals surface area contributed by atoms with Gasteiger partial charge < -0.3 is 26.6 Å². The van der Waals surface area contributed by atoms with Crippen LogP contribution in [0.25, 0.3) is 0 Å². The van der Waals surface area contributed by atoms with Gasteiger partial charge in [-0.1, -0.05) is 0 Å². The van der Waals surface area contributed by atoms with Crippen LogP contribution in [-0.4, -0.2) is 36.0 Å². The Balaban J connectivity index is 2.94. The van der Waals surface area contributed by atoms with Crippen LogP contribution in [0, 0.1) is 0 Å². The van der Waals surface area contributed by atoms with E-state index in [1.807, 2.05) is 0 Å². The Bertz CT molecular complexity index is 544. The van der Waals surface area contributed by atoms with E-state index >= 15 is 0 Å². The van der Waals surface area contributed by atoms with Gasteiger partial charge in [0.05, 0.1) is 19.1 Å². The molecule has 1 unspecified atom stereocenters. The minimum absolute atomic E-state index is 0.109. The average molecular weight is 281 g/mol. The largest absolute Gasteiger partial charge is 0.496 e. The van der Waals surface area contributed by atoms with Gasteiger partial charge in [-0.3, -0.25) is 9.59 Å². The van der Waals surface area contributed by atoms with Gasteiger partial charge in [-0.15, -0.1) is 0 Å². The van der Waals surface area contributed by atoms with Crippen LogP contribution in [-0.2, 0) is 9.59 Å². The molecule has 8 heteroatoms. The van der Waals surface area contributed by atoms with Crippen molar-refractivity contribution < 1.29 is 24.2 Å². The number of aliphatic carboxylic acids is 1. The molecule has 6 N–H and O–H groups in total. The fourth-order valence-electron chi connectivity index (χ4n) is 1.53. The van der Waals surface area contributed by atoms with E-state index in [1.54, 1.807) is 0 Å². The molecule has 0 saturated carbocycles. The van der Waals surface area contributed by atoms with Crippen LogP contribution in [0.4, 0.5) is 5.69 Å². The number of rotatable bonds is 6. The minimum Gasteiger partial charge on any atom is -0.496 e. The maximum atomic E-state index is 12.0. The predicted octanol–water partition coefficient (Wildman–Crippen LogP) is -0.664. The summed E-state index contributed by atoms with van der Waals surface area (Å²) in [6, 6.07) is 2.90. The molecule has 0 saturated heterocycles. The van der Waals surface area contributed by atoms with E-state index in [2.05, 4.69) is 5.32 Å².